The SMILES string of the molecule is NC(=O)c1c(F)cccc1NCC1(C(=O)O)CCOCC1. The zero-order chi connectivity index (χ0) is 15.5. The molecule has 6 nitrogen and oxygen atoms in total. The molecule has 0 aromatic heterocycles. The van der Waals surface area contributed by atoms with E-state index in [4.69, 9.17) is 10.5 Å². The van der Waals surface area contributed by atoms with E-state index in [9.17, 15) is 19.1 Å². The van der Waals surface area contributed by atoms with E-state index in [-0.39, 0.29) is 17.8 Å². The van der Waals surface area contributed by atoms with E-state index in [0.29, 0.717) is 26.1 Å². The van der Waals surface area contributed by atoms with Gasteiger partial charge in [-0.15, -0.1) is 0 Å². The zero-order valence-electron chi connectivity index (χ0n) is 11.4. The number of primary amides is 1. The number of hydrogen-bond acceptors (Lipinski definition) is 4. The molecule has 1 heterocycles. The van der Waals surface area contributed by atoms with Crippen LogP contribution in [0.4, 0.5) is 10.1 Å². The van der Waals surface area contributed by atoms with Crippen molar-refractivity contribution in [3.63, 3.8) is 0 Å². The smallest absolute Gasteiger partial charge is 0.311 e. The molecular formula is C14H17FN2O4. The first-order chi connectivity index (χ1) is 9.96. The van der Waals surface area contributed by atoms with Crippen molar-refractivity contribution >= 4 is 17.6 Å². The van der Waals surface area contributed by atoms with Crippen molar-refractivity contribution in [3.8, 4) is 0 Å². The lowest BCUT2D eigenvalue weighted by Gasteiger charge is -2.33. The maximum absolute atomic E-state index is 13.6. The molecule has 1 saturated heterocycles. The number of halogens is 1. The van der Waals surface area contributed by atoms with Gasteiger partial charge in [-0.3, -0.25) is 9.59 Å². The second-order valence-corrected chi connectivity index (χ2v) is 5.08. The average Bonchev–Trinajstić information content (AvgIpc) is 2.45. The molecule has 1 aliphatic heterocycles. The first kappa shape index (κ1) is 15.2. The minimum absolute atomic E-state index is 0.0788. The quantitative estimate of drug-likeness (QED) is 0.758. The Hall–Kier alpha value is -2.15. The molecule has 1 aromatic carbocycles. The number of ether oxygens (including phenoxy) is 1. The van der Waals surface area contributed by atoms with Gasteiger partial charge in [-0.05, 0) is 25.0 Å². The standard InChI is InChI=1S/C14H17FN2O4/c15-9-2-1-3-10(11(9)12(16)18)17-8-14(13(19)20)4-6-21-7-5-14/h1-3,17H,4-8H2,(H2,16,18)(H,19,20). The van der Waals surface area contributed by atoms with E-state index in [1.165, 1.54) is 12.1 Å². The molecule has 0 saturated carbocycles. The lowest BCUT2D eigenvalue weighted by molar-refractivity contribution is -0.153. The second-order valence-electron chi connectivity index (χ2n) is 5.08. The van der Waals surface area contributed by atoms with E-state index < -0.39 is 23.1 Å². The fourth-order valence-corrected chi connectivity index (χ4v) is 2.41. The Morgan fingerprint density at radius 1 is 1.38 bits per heavy atom. The highest BCUT2D eigenvalue weighted by Gasteiger charge is 2.40. The lowest BCUT2D eigenvalue weighted by Crippen LogP contribution is -2.42. The molecule has 21 heavy (non-hydrogen) atoms. The highest BCUT2D eigenvalue weighted by Crippen LogP contribution is 2.32. The molecule has 4 N–H and O–H groups in total. The summed E-state index contributed by atoms with van der Waals surface area (Å²) in [7, 11) is 0. The number of aliphatic carboxylic acids is 1. The van der Waals surface area contributed by atoms with Crippen molar-refractivity contribution in [3.05, 3.63) is 29.6 Å². The Balaban J connectivity index is 2.20. The van der Waals surface area contributed by atoms with Crippen LogP contribution >= 0.6 is 0 Å². The van der Waals surface area contributed by atoms with Crippen LogP contribution in [0.3, 0.4) is 0 Å². The molecule has 0 radical (unpaired) electrons. The van der Waals surface area contributed by atoms with Crippen LogP contribution in [-0.2, 0) is 9.53 Å². The first-order valence-corrected chi connectivity index (χ1v) is 6.60. The van der Waals surface area contributed by atoms with Crippen molar-refractivity contribution in [2.75, 3.05) is 25.1 Å². The number of carbonyl (C=O) groups is 2. The van der Waals surface area contributed by atoms with Crippen molar-refractivity contribution in [2.24, 2.45) is 11.1 Å². The van der Waals surface area contributed by atoms with Gasteiger partial charge in [0.2, 0.25) is 0 Å². The van der Waals surface area contributed by atoms with Crippen molar-refractivity contribution in [1.29, 1.82) is 0 Å². The topological polar surface area (TPSA) is 102 Å². The first-order valence-electron chi connectivity index (χ1n) is 6.60. The van der Waals surface area contributed by atoms with Crippen molar-refractivity contribution < 1.29 is 23.8 Å². The minimum Gasteiger partial charge on any atom is -0.481 e. The van der Waals surface area contributed by atoms with E-state index in [1.807, 2.05) is 0 Å². The normalized spacial score (nSPS) is 17.2. The number of anilines is 1. The summed E-state index contributed by atoms with van der Waals surface area (Å²) in [5.74, 6) is -2.56. The van der Waals surface area contributed by atoms with Crippen LogP contribution < -0.4 is 11.1 Å². The molecule has 1 fully saturated rings. The molecule has 7 heteroatoms. The number of carbonyl (C=O) groups excluding carboxylic acids is 1. The summed E-state index contributed by atoms with van der Waals surface area (Å²) in [5.41, 5.74) is 4.12. The number of carboxylic acids is 1. The van der Waals surface area contributed by atoms with Gasteiger partial charge in [0.25, 0.3) is 5.91 Å². The van der Waals surface area contributed by atoms with Gasteiger partial charge in [-0.1, -0.05) is 6.07 Å². The van der Waals surface area contributed by atoms with Gasteiger partial charge in [0.1, 0.15) is 5.82 Å². The van der Waals surface area contributed by atoms with Crippen LogP contribution in [0.2, 0.25) is 0 Å². The fraction of sp³-hybridized carbons (Fsp3) is 0.429. The summed E-state index contributed by atoms with van der Waals surface area (Å²) < 4.78 is 18.8. The predicted molar refractivity (Wildman–Crippen MR) is 73.5 cm³/mol. The third-order valence-corrected chi connectivity index (χ3v) is 3.78. The van der Waals surface area contributed by atoms with Crippen LogP contribution in [0.5, 0.6) is 0 Å². The third-order valence-electron chi connectivity index (χ3n) is 3.78. The Bertz CT molecular complexity index is 556. The molecule has 1 amide bonds. The number of amides is 1. The molecule has 0 unspecified atom stereocenters. The van der Waals surface area contributed by atoms with Crippen LogP contribution in [0.1, 0.15) is 23.2 Å². The molecular weight excluding hydrogens is 279 g/mol. The monoisotopic (exact) mass is 296 g/mol. The lowest BCUT2D eigenvalue weighted by atomic mass is 9.80. The van der Waals surface area contributed by atoms with Gasteiger partial charge in [0.15, 0.2) is 0 Å². The molecule has 1 aromatic rings. The summed E-state index contributed by atoms with van der Waals surface area (Å²) in [4.78, 5) is 22.8. The predicted octanol–water partition coefficient (Wildman–Crippen LogP) is 1.22. The Morgan fingerprint density at radius 3 is 2.62 bits per heavy atom. The number of rotatable bonds is 5. The molecule has 0 atom stereocenters. The second kappa shape index (κ2) is 6.09. The third kappa shape index (κ3) is 3.13. The maximum atomic E-state index is 13.6. The van der Waals surface area contributed by atoms with Crippen LogP contribution in [0, 0.1) is 11.2 Å². The van der Waals surface area contributed by atoms with E-state index in [0.717, 1.165) is 6.07 Å². The van der Waals surface area contributed by atoms with Gasteiger partial charge in [0, 0.05) is 25.4 Å². The Labute approximate surface area is 121 Å². The summed E-state index contributed by atoms with van der Waals surface area (Å²) in [5, 5.41) is 12.3. The van der Waals surface area contributed by atoms with Gasteiger partial charge >= 0.3 is 5.97 Å². The summed E-state index contributed by atoms with van der Waals surface area (Å²) >= 11 is 0. The van der Waals surface area contributed by atoms with Crippen molar-refractivity contribution in [1.82, 2.24) is 0 Å². The Kier molecular flexibility index (Phi) is 4.42. The largest absolute Gasteiger partial charge is 0.481 e. The number of carboxylic acid groups (broad SMARTS) is 1. The van der Waals surface area contributed by atoms with E-state index in [2.05, 4.69) is 5.32 Å². The number of hydrogen-bond donors (Lipinski definition) is 3. The molecule has 0 aliphatic carbocycles. The van der Waals surface area contributed by atoms with Gasteiger partial charge < -0.3 is 20.9 Å². The average molecular weight is 296 g/mol. The van der Waals surface area contributed by atoms with Crippen LogP contribution in [0.15, 0.2) is 18.2 Å². The minimum atomic E-state index is -0.987. The molecule has 0 spiro atoms. The maximum Gasteiger partial charge on any atom is 0.311 e. The van der Waals surface area contributed by atoms with E-state index in [1.54, 1.807) is 0 Å². The highest BCUT2D eigenvalue weighted by atomic mass is 19.1. The van der Waals surface area contributed by atoms with Crippen molar-refractivity contribution in [2.45, 2.75) is 12.8 Å². The summed E-state index contributed by atoms with van der Waals surface area (Å²) in [6.07, 6.45) is 0.715. The fourth-order valence-electron chi connectivity index (χ4n) is 2.41. The molecule has 2 rings (SSSR count). The zero-order valence-corrected chi connectivity index (χ0v) is 11.4. The summed E-state index contributed by atoms with van der Waals surface area (Å²) in [6.45, 7) is 0.801. The van der Waals surface area contributed by atoms with Gasteiger partial charge in [-0.25, -0.2) is 4.39 Å². The van der Waals surface area contributed by atoms with Crippen LogP contribution in [0.25, 0.3) is 0 Å². The van der Waals surface area contributed by atoms with Gasteiger partial charge in [-0.2, -0.15) is 0 Å². The number of nitrogens with one attached hydrogen (secondary N) is 1. The van der Waals surface area contributed by atoms with Crippen LogP contribution in [-0.4, -0.2) is 36.7 Å². The van der Waals surface area contributed by atoms with Gasteiger partial charge in [0.05, 0.1) is 11.0 Å². The summed E-state index contributed by atoms with van der Waals surface area (Å²) in [6, 6.07) is 4.06. The number of nitrogens with two attached hydrogens (primary N) is 1. The molecule has 114 valence electrons. The molecule has 0 bridgehead atoms. The molecule has 1 aliphatic rings. The highest BCUT2D eigenvalue weighted by molar-refractivity contribution is 5.98. The number of benzene rings is 1. The Morgan fingerprint density at radius 2 is 2.05 bits per heavy atom. The van der Waals surface area contributed by atoms with E-state index >= 15 is 0 Å².